The summed E-state index contributed by atoms with van der Waals surface area (Å²) in [5, 5.41) is 23.9. The summed E-state index contributed by atoms with van der Waals surface area (Å²) in [6.07, 6.45) is 13.0. The predicted molar refractivity (Wildman–Crippen MR) is 166 cm³/mol. The maximum absolute atomic E-state index is 11.4. The van der Waals surface area contributed by atoms with Crippen molar-refractivity contribution in [2.75, 3.05) is 0 Å². The monoisotopic (exact) mass is 741 g/mol. The fourth-order valence-electron chi connectivity index (χ4n) is 7.78. The summed E-state index contributed by atoms with van der Waals surface area (Å²) in [5.74, 6) is 2.66. The van der Waals surface area contributed by atoms with Gasteiger partial charge in [-0.3, -0.25) is 0 Å². The molecule has 1 aromatic carbocycles. The molecule has 4 atom stereocenters. The first-order valence-electron chi connectivity index (χ1n) is 15.7. The Balaban J connectivity index is 0.000000235. The smallest absolute Gasteiger partial charge is 0.0626 e. The molecule has 2 unspecified atom stereocenters. The van der Waals surface area contributed by atoms with Crippen molar-refractivity contribution in [1.29, 1.82) is 0 Å². The Kier molecular flexibility index (Phi) is 13.8. The molecule has 5 heteroatoms. The number of benzene rings is 1. The van der Waals surface area contributed by atoms with Crippen molar-refractivity contribution in [2.24, 2.45) is 35.5 Å². The maximum atomic E-state index is 11.4. The molecule has 2 aromatic heterocycles. The molecule has 0 spiro atoms. The van der Waals surface area contributed by atoms with E-state index in [1.54, 1.807) is 11.3 Å². The van der Waals surface area contributed by atoms with Gasteiger partial charge >= 0.3 is 0 Å². The van der Waals surface area contributed by atoms with Gasteiger partial charge in [0.2, 0.25) is 0 Å². The third-order valence-electron chi connectivity index (χ3n) is 9.99. The topological polar surface area (TPSA) is 53.4 Å². The Morgan fingerprint density at radius 3 is 1.85 bits per heavy atom. The number of nitrogens with zero attached hydrogens (tertiary/aromatic N) is 1. The summed E-state index contributed by atoms with van der Waals surface area (Å²) in [7, 11) is 0. The second-order valence-corrected chi connectivity index (χ2v) is 13.0. The van der Waals surface area contributed by atoms with Crippen LogP contribution in [0.25, 0.3) is 20.7 Å². The molecule has 5 rings (SSSR count). The number of hydrogen-bond acceptors (Lipinski definition) is 4. The molecular weight excluding hydrogens is 691 g/mol. The first-order chi connectivity index (χ1) is 19.0. The van der Waals surface area contributed by atoms with Crippen molar-refractivity contribution in [3.05, 3.63) is 54.7 Å². The molecule has 3 aromatic rings. The largest absolute Gasteiger partial charge is 0.392 e. The van der Waals surface area contributed by atoms with Crippen LogP contribution in [0.2, 0.25) is 0 Å². The van der Waals surface area contributed by atoms with E-state index in [4.69, 9.17) is 0 Å². The van der Waals surface area contributed by atoms with Gasteiger partial charge in [0, 0.05) is 37.9 Å². The molecule has 2 heterocycles. The van der Waals surface area contributed by atoms with E-state index in [2.05, 4.69) is 56.9 Å². The molecule has 3 nitrogen and oxygen atoms in total. The van der Waals surface area contributed by atoms with Gasteiger partial charge < -0.3 is 15.2 Å². The Bertz CT molecular complexity index is 1050. The molecule has 223 valence electrons. The van der Waals surface area contributed by atoms with Gasteiger partial charge in [-0.15, -0.1) is 23.6 Å². The van der Waals surface area contributed by atoms with Crippen molar-refractivity contribution in [3.63, 3.8) is 0 Å². The zero-order valence-electron chi connectivity index (χ0n) is 24.9. The van der Waals surface area contributed by atoms with Gasteiger partial charge in [-0.2, -0.15) is 0 Å². The van der Waals surface area contributed by atoms with Gasteiger partial charge in [-0.1, -0.05) is 90.5 Å². The third-order valence-corrected chi connectivity index (χ3v) is 11.1. The number of pyridine rings is 1. The van der Waals surface area contributed by atoms with Crippen molar-refractivity contribution in [1.82, 2.24) is 4.98 Å². The summed E-state index contributed by atoms with van der Waals surface area (Å²) < 4.78 is 1.26. The second kappa shape index (κ2) is 16.5. The Morgan fingerprint density at radius 1 is 0.800 bits per heavy atom. The van der Waals surface area contributed by atoms with Crippen molar-refractivity contribution < 1.29 is 30.3 Å². The molecule has 2 fully saturated rings. The summed E-state index contributed by atoms with van der Waals surface area (Å²) in [5.41, 5.74) is 0.999. The third kappa shape index (κ3) is 7.84. The van der Waals surface area contributed by atoms with E-state index in [9.17, 15) is 10.2 Å². The first-order valence-corrected chi connectivity index (χ1v) is 16.5. The van der Waals surface area contributed by atoms with Crippen molar-refractivity contribution in [3.8, 4) is 10.6 Å². The number of aliphatic hydroxyl groups excluding tert-OH is 2. The summed E-state index contributed by atoms with van der Waals surface area (Å²) in [6.45, 7) is 9.05. The number of thiophene rings is 1. The second-order valence-electron chi connectivity index (χ2n) is 11.9. The van der Waals surface area contributed by atoms with Gasteiger partial charge in [0.05, 0.1) is 12.2 Å². The Morgan fingerprint density at radius 2 is 1.35 bits per heavy atom. The van der Waals surface area contributed by atoms with E-state index in [1.807, 2.05) is 30.5 Å². The number of aliphatic hydroxyl groups is 2. The fourth-order valence-corrected chi connectivity index (χ4v) is 8.76. The SMILES string of the molecule is CCC(CC)[C@H]1CCCC2CCC[C@H](C(CC)CC)C(O)C2C1O.[Ir].[c-]1c(-c2ccccn2)sc2ccccc12. The molecule has 2 aliphatic rings. The van der Waals surface area contributed by atoms with E-state index in [0.29, 0.717) is 29.6 Å². The van der Waals surface area contributed by atoms with Crippen LogP contribution < -0.4 is 0 Å². The molecule has 1 radical (unpaired) electrons. The standard InChI is InChI=1S/C22H42O2.C13H8NS.Ir/c1-5-15(6-2)18-13-9-11-17-12-10-14-19(16(7-3)8-4)22(24)20(17)21(18)23;1-2-7-12-10(5-1)9-13(15-12)11-6-3-4-8-14-11;/h15-24H,5-14H2,1-4H3;1-8H;/q;-1;/t17?,18-,19-,20?,21?,22?;;/m1../s1. The van der Waals surface area contributed by atoms with Crippen LogP contribution in [-0.4, -0.2) is 27.4 Å². The molecule has 0 aliphatic heterocycles. The molecule has 2 aliphatic carbocycles. The van der Waals surface area contributed by atoms with Gasteiger partial charge in [-0.25, -0.2) is 11.3 Å². The summed E-state index contributed by atoms with van der Waals surface area (Å²) >= 11 is 1.73. The van der Waals surface area contributed by atoms with E-state index >= 15 is 0 Å². The van der Waals surface area contributed by atoms with Crippen LogP contribution in [0, 0.1) is 41.6 Å². The predicted octanol–water partition coefficient (Wildman–Crippen LogP) is 9.17. The zero-order chi connectivity index (χ0) is 27.8. The van der Waals surface area contributed by atoms with Crippen LogP contribution in [0.3, 0.4) is 0 Å². The van der Waals surface area contributed by atoms with E-state index < -0.39 is 0 Å². The molecule has 0 amide bonds. The summed E-state index contributed by atoms with van der Waals surface area (Å²) in [4.78, 5) is 5.43. The fraction of sp³-hybridized carbons (Fsp3) is 0.629. The number of rotatable bonds is 7. The van der Waals surface area contributed by atoms with Gasteiger partial charge in [0.15, 0.2) is 0 Å². The zero-order valence-corrected chi connectivity index (χ0v) is 28.1. The molecular formula is C35H50IrNO2S-. The molecule has 40 heavy (non-hydrogen) atoms. The van der Waals surface area contributed by atoms with Crippen LogP contribution in [0.15, 0.2) is 48.7 Å². The van der Waals surface area contributed by atoms with Crippen LogP contribution in [-0.2, 0) is 20.1 Å². The number of aromatic nitrogens is 1. The van der Waals surface area contributed by atoms with Crippen LogP contribution in [0.4, 0.5) is 0 Å². The molecule has 2 N–H and O–H groups in total. The van der Waals surface area contributed by atoms with Crippen LogP contribution in [0.1, 0.15) is 91.9 Å². The van der Waals surface area contributed by atoms with Crippen LogP contribution in [0.5, 0.6) is 0 Å². The van der Waals surface area contributed by atoms with Gasteiger partial charge in [0.1, 0.15) is 0 Å². The van der Waals surface area contributed by atoms with E-state index in [-0.39, 0.29) is 38.2 Å². The molecule has 0 saturated heterocycles. The quantitative estimate of drug-likeness (QED) is 0.238. The average molecular weight is 741 g/mol. The minimum absolute atomic E-state index is 0. The van der Waals surface area contributed by atoms with Crippen molar-refractivity contribution >= 4 is 21.4 Å². The summed E-state index contributed by atoms with van der Waals surface area (Å²) in [6, 6.07) is 17.6. The maximum Gasteiger partial charge on any atom is 0.0626 e. The van der Waals surface area contributed by atoms with E-state index in [0.717, 1.165) is 49.1 Å². The Hall–Kier alpha value is -1.10. The van der Waals surface area contributed by atoms with Crippen molar-refractivity contribution in [2.45, 2.75) is 104 Å². The minimum Gasteiger partial charge on any atom is -0.392 e. The molecule has 2 saturated carbocycles. The van der Waals surface area contributed by atoms with Crippen LogP contribution >= 0.6 is 11.3 Å². The normalized spacial score (nSPS) is 26.8. The minimum atomic E-state index is -0.299. The first kappa shape index (κ1) is 33.4. The number of hydrogen-bond donors (Lipinski definition) is 2. The average Bonchev–Trinajstić information content (AvgIpc) is 3.26. The molecule has 0 bridgehead atoms. The van der Waals surface area contributed by atoms with Gasteiger partial charge in [-0.05, 0) is 70.9 Å². The Labute approximate surface area is 260 Å². The van der Waals surface area contributed by atoms with E-state index in [1.165, 1.54) is 35.8 Å². The van der Waals surface area contributed by atoms with Gasteiger partial charge in [0.25, 0.3) is 0 Å². The number of fused-ring (bicyclic) bond motifs is 2.